The van der Waals surface area contributed by atoms with Gasteiger partial charge in [0.15, 0.2) is 11.6 Å². The van der Waals surface area contributed by atoms with Crippen LogP contribution in [-0.2, 0) is 11.4 Å². The summed E-state index contributed by atoms with van der Waals surface area (Å²) in [7, 11) is 0. The molecule has 4 rings (SSSR count). The Kier molecular flexibility index (Phi) is 4.15. The number of fused-ring (bicyclic) bond motifs is 2. The van der Waals surface area contributed by atoms with E-state index in [1.165, 1.54) is 19.3 Å². The standard InChI is InChI=1S/C19H21N3O2/c23-19(16-11-14-3-4-15(16)10-14)22-18-17(2-1-7-21-18)24-12-13-5-8-20-9-6-13/h1-2,5-9,14-16H,3-4,10-12H2,(H,21,22,23). The zero-order chi connectivity index (χ0) is 16.4. The van der Waals surface area contributed by atoms with E-state index >= 15 is 0 Å². The van der Waals surface area contributed by atoms with Crippen LogP contribution in [0.15, 0.2) is 42.9 Å². The van der Waals surface area contributed by atoms with Crippen LogP contribution in [0.1, 0.15) is 31.2 Å². The maximum atomic E-state index is 12.6. The van der Waals surface area contributed by atoms with E-state index in [4.69, 9.17) is 4.74 Å². The highest BCUT2D eigenvalue weighted by atomic mass is 16.5. The number of amides is 1. The highest BCUT2D eigenvalue weighted by Gasteiger charge is 2.43. The van der Waals surface area contributed by atoms with Gasteiger partial charge in [0.05, 0.1) is 0 Å². The molecule has 24 heavy (non-hydrogen) atoms. The van der Waals surface area contributed by atoms with Gasteiger partial charge in [0.2, 0.25) is 5.91 Å². The minimum Gasteiger partial charge on any atom is -0.485 e. The minimum absolute atomic E-state index is 0.0923. The maximum absolute atomic E-state index is 12.6. The monoisotopic (exact) mass is 323 g/mol. The third-order valence-electron chi connectivity index (χ3n) is 5.23. The van der Waals surface area contributed by atoms with Gasteiger partial charge in [-0.1, -0.05) is 6.42 Å². The van der Waals surface area contributed by atoms with Crippen LogP contribution in [0.3, 0.4) is 0 Å². The maximum Gasteiger partial charge on any atom is 0.229 e. The second kappa shape index (κ2) is 6.59. The molecule has 124 valence electrons. The molecule has 2 aromatic heterocycles. The second-order valence-corrected chi connectivity index (χ2v) is 6.76. The summed E-state index contributed by atoms with van der Waals surface area (Å²) in [6.45, 7) is 0.422. The summed E-state index contributed by atoms with van der Waals surface area (Å²) in [5.74, 6) is 2.65. The first kappa shape index (κ1) is 15.1. The molecule has 2 bridgehead atoms. The van der Waals surface area contributed by atoms with Gasteiger partial charge in [0.1, 0.15) is 6.61 Å². The molecule has 5 heteroatoms. The summed E-state index contributed by atoms with van der Waals surface area (Å²) in [5.41, 5.74) is 1.03. The zero-order valence-corrected chi connectivity index (χ0v) is 13.5. The van der Waals surface area contributed by atoms with E-state index in [2.05, 4.69) is 15.3 Å². The van der Waals surface area contributed by atoms with E-state index in [0.717, 1.165) is 17.9 Å². The van der Waals surface area contributed by atoms with Gasteiger partial charge in [-0.15, -0.1) is 0 Å². The zero-order valence-electron chi connectivity index (χ0n) is 13.5. The number of rotatable bonds is 5. The molecule has 0 aliphatic heterocycles. The highest BCUT2D eigenvalue weighted by Crippen LogP contribution is 2.48. The average Bonchev–Trinajstić information content (AvgIpc) is 3.25. The molecule has 2 saturated carbocycles. The second-order valence-electron chi connectivity index (χ2n) is 6.76. The lowest BCUT2D eigenvalue weighted by Crippen LogP contribution is -2.27. The van der Waals surface area contributed by atoms with Crippen LogP contribution < -0.4 is 10.1 Å². The molecule has 0 aromatic carbocycles. The van der Waals surface area contributed by atoms with Crippen molar-refractivity contribution in [3.05, 3.63) is 48.4 Å². The van der Waals surface area contributed by atoms with Crippen LogP contribution in [0.25, 0.3) is 0 Å². The van der Waals surface area contributed by atoms with E-state index in [9.17, 15) is 4.79 Å². The van der Waals surface area contributed by atoms with Crippen molar-refractivity contribution in [2.45, 2.75) is 32.3 Å². The summed E-state index contributed by atoms with van der Waals surface area (Å²) >= 11 is 0. The molecule has 3 unspecified atom stereocenters. The van der Waals surface area contributed by atoms with Crippen LogP contribution in [0.2, 0.25) is 0 Å². The number of nitrogens with zero attached hydrogens (tertiary/aromatic N) is 2. The SMILES string of the molecule is O=C(Nc1ncccc1OCc1ccncc1)C1CC2CCC1C2. The van der Waals surface area contributed by atoms with Crippen LogP contribution in [0.5, 0.6) is 5.75 Å². The Morgan fingerprint density at radius 2 is 2.04 bits per heavy atom. The molecule has 1 amide bonds. The number of ether oxygens (including phenoxy) is 1. The van der Waals surface area contributed by atoms with E-state index in [1.54, 1.807) is 18.6 Å². The summed E-state index contributed by atoms with van der Waals surface area (Å²) in [6.07, 6.45) is 9.87. The predicted molar refractivity (Wildman–Crippen MR) is 90.4 cm³/mol. The lowest BCUT2D eigenvalue weighted by atomic mass is 9.88. The summed E-state index contributed by atoms with van der Waals surface area (Å²) in [6, 6.07) is 7.47. The van der Waals surface area contributed by atoms with Crippen molar-refractivity contribution in [1.82, 2.24) is 9.97 Å². The highest BCUT2D eigenvalue weighted by molar-refractivity contribution is 5.93. The van der Waals surface area contributed by atoms with Gasteiger partial charge in [0.25, 0.3) is 0 Å². The lowest BCUT2D eigenvalue weighted by Gasteiger charge is -2.21. The van der Waals surface area contributed by atoms with E-state index < -0.39 is 0 Å². The number of aromatic nitrogens is 2. The molecule has 2 aliphatic carbocycles. The van der Waals surface area contributed by atoms with Gasteiger partial charge in [-0.05, 0) is 60.9 Å². The topological polar surface area (TPSA) is 64.1 Å². The smallest absolute Gasteiger partial charge is 0.229 e. The molecular weight excluding hydrogens is 302 g/mol. The molecule has 2 aliphatic rings. The fourth-order valence-corrected chi connectivity index (χ4v) is 4.02. The predicted octanol–water partition coefficient (Wildman–Crippen LogP) is 3.43. The van der Waals surface area contributed by atoms with Crippen molar-refractivity contribution in [1.29, 1.82) is 0 Å². The van der Waals surface area contributed by atoms with Crippen molar-refractivity contribution >= 4 is 11.7 Å². The van der Waals surface area contributed by atoms with Gasteiger partial charge in [-0.25, -0.2) is 4.98 Å². The van der Waals surface area contributed by atoms with Crippen molar-refractivity contribution in [2.24, 2.45) is 17.8 Å². The van der Waals surface area contributed by atoms with E-state index in [0.29, 0.717) is 24.1 Å². The Hall–Kier alpha value is -2.43. The largest absolute Gasteiger partial charge is 0.485 e. The third kappa shape index (κ3) is 3.11. The number of anilines is 1. The molecule has 1 N–H and O–H groups in total. The van der Waals surface area contributed by atoms with Gasteiger partial charge in [0, 0.05) is 24.5 Å². The number of pyridine rings is 2. The first-order valence-electron chi connectivity index (χ1n) is 8.57. The van der Waals surface area contributed by atoms with Crippen LogP contribution >= 0.6 is 0 Å². The van der Waals surface area contributed by atoms with Crippen molar-refractivity contribution in [3.8, 4) is 5.75 Å². The Bertz CT molecular complexity index is 720. The van der Waals surface area contributed by atoms with Gasteiger partial charge >= 0.3 is 0 Å². The summed E-state index contributed by atoms with van der Waals surface area (Å²) < 4.78 is 5.84. The number of hydrogen-bond acceptors (Lipinski definition) is 4. The van der Waals surface area contributed by atoms with Crippen molar-refractivity contribution < 1.29 is 9.53 Å². The minimum atomic E-state index is 0.0923. The Morgan fingerprint density at radius 1 is 1.17 bits per heavy atom. The molecule has 2 heterocycles. The third-order valence-corrected chi connectivity index (χ3v) is 5.23. The normalized spacial score (nSPS) is 24.8. The Morgan fingerprint density at radius 3 is 2.79 bits per heavy atom. The first-order valence-corrected chi connectivity index (χ1v) is 8.57. The molecule has 2 fully saturated rings. The molecule has 2 aromatic rings. The number of nitrogens with one attached hydrogen (secondary N) is 1. The summed E-state index contributed by atoms with van der Waals surface area (Å²) in [4.78, 5) is 20.9. The molecule has 5 nitrogen and oxygen atoms in total. The fraction of sp³-hybridized carbons (Fsp3) is 0.421. The van der Waals surface area contributed by atoms with Crippen LogP contribution in [0.4, 0.5) is 5.82 Å². The molecule has 0 saturated heterocycles. The quantitative estimate of drug-likeness (QED) is 0.915. The fourth-order valence-electron chi connectivity index (χ4n) is 4.02. The number of carbonyl (C=O) groups excluding carboxylic acids is 1. The first-order chi connectivity index (χ1) is 11.8. The lowest BCUT2D eigenvalue weighted by molar-refractivity contribution is -0.121. The van der Waals surface area contributed by atoms with Gasteiger partial charge < -0.3 is 10.1 Å². The Balaban J connectivity index is 1.42. The molecule has 3 atom stereocenters. The Labute approximate surface area is 141 Å². The van der Waals surface area contributed by atoms with Crippen molar-refractivity contribution in [2.75, 3.05) is 5.32 Å². The van der Waals surface area contributed by atoms with Gasteiger partial charge in [-0.2, -0.15) is 0 Å². The van der Waals surface area contributed by atoms with Crippen LogP contribution in [-0.4, -0.2) is 15.9 Å². The van der Waals surface area contributed by atoms with E-state index in [1.807, 2.05) is 24.3 Å². The van der Waals surface area contributed by atoms with Crippen LogP contribution in [0, 0.1) is 17.8 Å². The molecule has 0 radical (unpaired) electrons. The molecular formula is C19H21N3O2. The van der Waals surface area contributed by atoms with Gasteiger partial charge in [-0.3, -0.25) is 9.78 Å². The van der Waals surface area contributed by atoms with E-state index in [-0.39, 0.29) is 11.8 Å². The average molecular weight is 323 g/mol. The number of carbonyl (C=O) groups is 1. The van der Waals surface area contributed by atoms with Crippen molar-refractivity contribution in [3.63, 3.8) is 0 Å². The molecule has 0 spiro atoms. The summed E-state index contributed by atoms with van der Waals surface area (Å²) in [5, 5.41) is 2.99. The number of hydrogen-bond donors (Lipinski definition) is 1.